The van der Waals surface area contributed by atoms with E-state index in [9.17, 15) is 32.3 Å². The summed E-state index contributed by atoms with van der Waals surface area (Å²) in [6.07, 6.45) is -8.69. The number of aromatic nitrogens is 1. The van der Waals surface area contributed by atoms with Gasteiger partial charge in [0.05, 0.1) is 11.1 Å². The number of alkyl halides is 3. The summed E-state index contributed by atoms with van der Waals surface area (Å²) in [7, 11) is 0. The third kappa shape index (κ3) is 4.02. The molecule has 25 heavy (non-hydrogen) atoms. The summed E-state index contributed by atoms with van der Waals surface area (Å²) in [5, 5.41) is 18.5. The van der Waals surface area contributed by atoms with Crippen LogP contribution in [0, 0.1) is 11.2 Å². The topological polar surface area (TPSA) is 90.7 Å². The number of aliphatic carboxylic acids is 1. The van der Waals surface area contributed by atoms with E-state index in [1.165, 1.54) is 6.07 Å². The molecule has 138 valence electrons. The molecule has 1 amide bonds. The predicted molar refractivity (Wildman–Crippen MR) is 79.5 cm³/mol. The number of nitrogens with zero attached hydrogens (tertiary/aromatic N) is 2. The van der Waals surface area contributed by atoms with E-state index in [-0.39, 0.29) is 21.6 Å². The van der Waals surface area contributed by atoms with Gasteiger partial charge in [-0.2, -0.15) is 13.2 Å². The highest BCUT2D eigenvalue weighted by molar-refractivity contribution is 9.10. The Morgan fingerprint density at radius 3 is 2.52 bits per heavy atom. The van der Waals surface area contributed by atoms with E-state index in [0.29, 0.717) is 0 Å². The molecule has 1 aromatic heterocycles. The van der Waals surface area contributed by atoms with E-state index in [1.807, 2.05) is 0 Å². The third-order valence-electron chi connectivity index (χ3n) is 4.26. The van der Waals surface area contributed by atoms with Crippen molar-refractivity contribution in [2.75, 3.05) is 6.54 Å². The standard InChI is InChI=1S/C14H13BrF4N2O4/c15-10-2-1-7(16)8(20-10)5-13(11(22)23)3-4-21(12(24)25)9(6-13)14(17,18)19/h1-2,9H,3-6H2,(H,22,23)(H,24,25). The first-order valence-corrected chi connectivity index (χ1v) is 7.86. The molecule has 1 fully saturated rings. The molecule has 0 aromatic carbocycles. The molecule has 1 aliphatic heterocycles. The first-order chi connectivity index (χ1) is 11.5. The number of hydrogen-bond acceptors (Lipinski definition) is 3. The molecule has 6 nitrogen and oxygen atoms in total. The van der Waals surface area contributed by atoms with E-state index < -0.39 is 54.9 Å². The number of pyridine rings is 1. The molecule has 2 rings (SSSR count). The first-order valence-electron chi connectivity index (χ1n) is 7.07. The van der Waals surface area contributed by atoms with Gasteiger partial charge < -0.3 is 10.2 Å². The zero-order valence-electron chi connectivity index (χ0n) is 12.6. The summed E-state index contributed by atoms with van der Waals surface area (Å²) < 4.78 is 53.8. The highest BCUT2D eigenvalue weighted by atomic mass is 79.9. The maximum Gasteiger partial charge on any atom is 0.408 e. The van der Waals surface area contributed by atoms with Gasteiger partial charge in [-0.3, -0.25) is 9.69 Å². The van der Waals surface area contributed by atoms with Crippen LogP contribution < -0.4 is 0 Å². The van der Waals surface area contributed by atoms with Gasteiger partial charge in [-0.25, -0.2) is 14.2 Å². The van der Waals surface area contributed by atoms with Gasteiger partial charge >= 0.3 is 18.2 Å². The van der Waals surface area contributed by atoms with E-state index in [1.54, 1.807) is 0 Å². The van der Waals surface area contributed by atoms with E-state index in [0.717, 1.165) is 6.07 Å². The number of halogens is 5. The number of carboxylic acid groups (broad SMARTS) is 2. The van der Waals surface area contributed by atoms with Crippen LogP contribution in [-0.2, 0) is 11.2 Å². The zero-order valence-corrected chi connectivity index (χ0v) is 14.1. The Morgan fingerprint density at radius 2 is 2.00 bits per heavy atom. The molecule has 11 heteroatoms. The van der Waals surface area contributed by atoms with Crippen molar-refractivity contribution in [3.8, 4) is 0 Å². The van der Waals surface area contributed by atoms with E-state index in [4.69, 9.17) is 5.11 Å². The second kappa shape index (κ2) is 6.77. The molecule has 0 bridgehead atoms. The summed E-state index contributed by atoms with van der Waals surface area (Å²) in [5.41, 5.74) is -2.26. The Morgan fingerprint density at radius 1 is 1.36 bits per heavy atom. The lowest BCUT2D eigenvalue weighted by molar-refractivity contribution is -0.200. The van der Waals surface area contributed by atoms with Gasteiger partial charge in [0.1, 0.15) is 16.5 Å². The van der Waals surface area contributed by atoms with E-state index in [2.05, 4.69) is 20.9 Å². The lowest BCUT2D eigenvalue weighted by Gasteiger charge is -2.43. The van der Waals surface area contributed by atoms with Crippen LogP contribution >= 0.6 is 15.9 Å². The normalized spacial score (nSPS) is 24.2. The maximum absolute atomic E-state index is 13.9. The van der Waals surface area contributed by atoms with Crippen LogP contribution in [0.2, 0.25) is 0 Å². The fourth-order valence-corrected chi connectivity index (χ4v) is 3.27. The molecule has 2 heterocycles. The highest BCUT2D eigenvalue weighted by Gasteiger charge is 2.56. The second-order valence-corrected chi connectivity index (χ2v) is 6.62. The van der Waals surface area contributed by atoms with Crippen molar-refractivity contribution in [1.29, 1.82) is 0 Å². The number of hydrogen-bond donors (Lipinski definition) is 2. The molecule has 0 radical (unpaired) electrons. The van der Waals surface area contributed by atoms with Crippen molar-refractivity contribution in [1.82, 2.24) is 9.88 Å². The molecule has 2 unspecified atom stereocenters. The highest BCUT2D eigenvalue weighted by Crippen LogP contribution is 2.43. The van der Waals surface area contributed by atoms with Crippen molar-refractivity contribution in [2.45, 2.75) is 31.5 Å². The largest absolute Gasteiger partial charge is 0.481 e. The summed E-state index contributed by atoms with van der Waals surface area (Å²) in [5.74, 6) is -2.39. The number of amides is 1. The summed E-state index contributed by atoms with van der Waals surface area (Å²) >= 11 is 3.00. The SMILES string of the molecule is O=C(O)N1CCC(Cc2nc(Br)ccc2F)(C(=O)O)CC1C(F)(F)F. The summed E-state index contributed by atoms with van der Waals surface area (Å²) in [4.78, 5) is 26.8. The number of rotatable bonds is 3. The van der Waals surface area contributed by atoms with Crippen LogP contribution in [0.1, 0.15) is 18.5 Å². The van der Waals surface area contributed by atoms with Crippen LogP contribution in [0.25, 0.3) is 0 Å². The van der Waals surface area contributed by atoms with Gasteiger partial charge in [-0.1, -0.05) is 0 Å². The van der Waals surface area contributed by atoms with Gasteiger partial charge in [0, 0.05) is 13.0 Å². The van der Waals surface area contributed by atoms with Crippen molar-refractivity contribution < 1.29 is 37.4 Å². The molecule has 0 spiro atoms. The van der Waals surface area contributed by atoms with E-state index >= 15 is 0 Å². The van der Waals surface area contributed by atoms with Crippen molar-refractivity contribution in [3.05, 3.63) is 28.2 Å². The predicted octanol–water partition coefficient (Wildman–Crippen LogP) is 3.30. The van der Waals surface area contributed by atoms with Crippen LogP contribution in [0.5, 0.6) is 0 Å². The molecule has 2 atom stereocenters. The quantitative estimate of drug-likeness (QED) is 0.569. The van der Waals surface area contributed by atoms with Crippen molar-refractivity contribution in [2.24, 2.45) is 5.41 Å². The van der Waals surface area contributed by atoms with Crippen LogP contribution in [0.3, 0.4) is 0 Å². The number of carbonyl (C=O) groups is 2. The first kappa shape index (κ1) is 19.4. The minimum absolute atomic E-state index is 0.173. The molecular formula is C14H13BrF4N2O4. The molecular weight excluding hydrogens is 416 g/mol. The Hall–Kier alpha value is -1.91. The Labute approximate surface area is 147 Å². The average molecular weight is 429 g/mol. The van der Waals surface area contributed by atoms with Gasteiger partial charge in [-0.15, -0.1) is 0 Å². The monoisotopic (exact) mass is 428 g/mol. The molecule has 0 aliphatic carbocycles. The van der Waals surface area contributed by atoms with Gasteiger partial charge in [0.2, 0.25) is 0 Å². The molecule has 1 aromatic rings. The number of piperidine rings is 1. The Balaban J connectivity index is 2.41. The van der Waals surface area contributed by atoms with Crippen LogP contribution in [-0.4, -0.2) is 50.9 Å². The number of likely N-dealkylation sites (tertiary alicyclic amines) is 1. The fourth-order valence-electron chi connectivity index (χ4n) is 2.93. The maximum atomic E-state index is 13.9. The average Bonchev–Trinajstić information content (AvgIpc) is 2.49. The smallest absolute Gasteiger partial charge is 0.408 e. The van der Waals surface area contributed by atoms with Gasteiger partial charge in [0.15, 0.2) is 0 Å². The lowest BCUT2D eigenvalue weighted by atomic mass is 9.71. The van der Waals surface area contributed by atoms with Gasteiger partial charge in [0.25, 0.3) is 0 Å². The molecule has 0 saturated carbocycles. The van der Waals surface area contributed by atoms with Crippen LogP contribution in [0.4, 0.5) is 22.4 Å². The zero-order chi connectivity index (χ0) is 19.0. The van der Waals surface area contributed by atoms with Gasteiger partial charge in [-0.05, 0) is 40.9 Å². The number of carboxylic acids is 1. The minimum atomic E-state index is -4.94. The Kier molecular flexibility index (Phi) is 5.26. The lowest BCUT2D eigenvalue weighted by Crippen LogP contribution is -2.58. The molecule has 1 aliphatic rings. The molecule has 1 saturated heterocycles. The molecule has 2 N–H and O–H groups in total. The van der Waals surface area contributed by atoms with Crippen LogP contribution in [0.15, 0.2) is 16.7 Å². The van der Waals surface area contributed by atoms with Crippen molar-refractivity contribution in [3.63, 3.8) is 0 Å². The summed E-state index contributed by atoms with van der Waals surface area (Å²) in [6, 6.07) is -0.182. The second-order valence-electron chi connectivity index (χ2n) is 5.81. The fraction of sp³-hybridized carbons (Fsp3) is 0.500. The summed E-state index contributed by atoms with van der Waals surface area (Å²) in [6.45, 7) is -0.624. The minimum Gasteiger partial charge on any atom is -0.481 e. The van der Waals surface area contributed by atoms with Crippen molar-refractivity contribution >= 4 is 28.0 Å². The Bertz CT molecular complexity index is 700. The third-order valence-corrected chi connectivity index (χ3v) is 4.70.